The predicted octanol–water partition coefficient (Wildman–Crippen LogP) is 6.02. The van der Waals surface area contributed by atoms with Crippen molar-refractivity contribution in [1.29, 1.82) is 0 Å². The van der Waals surface area contributed by atoms with Crippen LogP contribution < -0.4 is 10.1 Å². The molecule has 0 amide bonds. The first kappa shape index (κ1) is 33.1. The number of methoxy groups -OCH3 is 1. The molecule has 4 heterocycles. The fourth-order valence-corrected chi connectivity index (χ4v) is 8.50. The highest BCUT2D eigenvalue weighted by Crippen LogP contribution is 2.55. The average molecular weight is 683 g/mol. The van der Waals surface area contributed by atoms with Gasteiger partial charge in [-0.2, -0.15) is 0 Å². The fourth-order valence-electron chi connectivity index (χ4n) is 8.50. The third-order valence-electron chi connectivity index (χ3n) is 11.7. The van der Waals surface area contributed by atoms with Crippen LogP contribution in [0.4, 0.5) is 14.5 Å². The molecule has 50 heavy (non-hydrogen) atoms. The van der Waals surface area contributed by atoms with Crippen LogP contribution in [0.1, 0.15) is 62.5 Å². The average Bonchev–Trinajstić information content (AvgIpc) is 4.04. The number of aromatic nitrogens is 1. The number of aromatic hydroxyl groups is 1. The Balaban J connectivity index is 1.13. The molecule has 9 nitrogen and oxygen atoms in total. The van der Waals surface area contributed by atoms with E-state index in [4.69, 9.17) is 20.9 Å². The highest BCUT2D eigenvalue weighted by Gasteiger charge is 2.48. The Kier molecular flexibility index (Phi) is 8.53. The van der Waals surface area contributed by atoms with Gasteiger partial charge in [-0.3, -0.25) is 4.99 Å². The first-order valence-electron chi connectivity index (χ1n) is 17.8. The number of terminal acetylenes is 1. The number of aliphatic imine (C=N–C) groups is 2. The van der Waals surface area contributed by atoms with Crippen LogP contribution in [0.15, 0.2) is 34.3 Å². The van der Waals surface area contributed by atoms with Crippen LogP contribution in [-0.2, 0) is 4.74 Å². The van der Waals surface area contributed by atoms with Crippen LogP contribution in [0.2, 0.25) is 0 Å². The van der Waals surface area contributed by atoms with E-state index in [9.17, 15) is 9.50 Å². The number of benzene rings is 2. The van der Waals surface area contributed by atoms with Gasteiger partial charge in [-0.1, -0.05) is 12.0 Å². The van der Waals surface area contributed by atoms with Crippen LogP contribution in [0.5, 0.6) is 11.6 Å². The number of likely N-dealkylation sites (tertiary alicyclic amines) is 2. The summed E-state index contributed by atoms with van der Waals surface area (Å²) in [6.07, 6.45) is 15.5. The zero-order chi connectivity index (χ0) is 34.6. The SMILES string of the molecule is C#Cc1c(F)ccc2cc(O)cc(-c3nc(OC)c(/C(=N\COCC4(CN5CCC6(CC5)CC6)CC4)N4CC5CCC(C4)N5)c(N=C)c3F)c12. The van der Waals surface area contributed by atoms with E-state index in [0.717, 1.165) is 32.2 Å². The van der Waals surface area contributed by atoms with Crippen molar-refractivity contribution >= 4 is 29.0 Å². The summed E-state index contributed by atoms with van der Waals surface area (Å²) in [6.45, 7) is 9.19. The first-order chi connectivity index (χ1) is 24.2. The third-order valence-corrected chi connectivity index (χ3v) is 11.7. The maximum Gasteiger partial charge on any atom is 0.227 e. The van der Waals surface area contributed by atoms with E-state index >= 15 is 4.39 Å². The van der Waals surface area contributed by atoms with Crippen molar-refractivity contribution in [2.45, 2.75) is 63.5 Å². The Labute approximate surface area is 291 Å². The van der Waals surface area contributed by atoms with Gasteiger partial charge in [0.15, 0.2) is 5.82 Å². The number of rotatable bonds is 10. The molecular formula is C39H44F2N6O3. The van der Waals surface area contributed by atoms with Crippen LogP contribution >= 0.6 is 0 Å². The summed E-state index contributed by atoms with van der Waals surface area (Å²) in [6, 6.07) is 6.01. The van der Waals surface area contributed by atoms with E-state index in [1.54, 1.807) is 0 Å². The summed E-state index contributed by atoms with van der Waals surface area (Å²) in [4.78, 5) is 18.5. The Morgan fingerprint density at radius 1 is 1.12 bits per heavy atom. The number of hydrogen-bond donors (Lipinski definition) is 2. The molecule has 1 spiro atoms. The third kappa shape index (κ3) is 6.12. The molecule has 2 aliphatic carbocycles. The van der Waals surface area contributed by atoms with E-state index in [1.165, 1.54) is 70.1 Å². The number of nitrogens with one attached hydrogen (secondary N) is 1. The van der Waals surface area contributed by atoms with Gasteiger partial charge in [-0.25, -0.2) is 18.8 Å². The van der Waals surface area contributed by atoms with Crippen molar-refractivity contribution in [2.75, 3.05) is 53.2 Å². The number of hydrogen-bond acceptors (Lipinski definition) is 8. The number of piperidine rings is 1. The predicted molar refractivity (Wildman–Crippen MR) is 190 cm³/mol. The number of fused-ring (bicyclic) bond motifs is 3. The summed E-state index contributed by atoms with van der Waals surface area (Å²) in [5, 5.41) is 14.9. The lowest BCUT2D eigenvalue weighted by Gasteiger charge is -2.36. The van der Waals surface area contributed by atoms with Crippen molar-refractivity contribution in [3.05, 3.63) is 47.0 Å². The molecular weight excluding hydrogens is 638 g/mol. The molecule has 3 saturated heterocycles. The van der Waals surface area contributed by atoms with E-state index in [0.29, 0.717) is 36.3 Å². The number of pyridine rings is 1. The van der Waals surface area contributed by atoms with Crippen LogP contribution in [0, 0.1) is 34.8 Å². The quantitative estimate of drug-likeness (QED) is 0.117. The molecule has 2 N–H and O–H groups in total. The first-order valence-corrected chi connectivity index (χ1v) is 17.8. The van der Waals surface area contributed by atoms with Gasteiger partial charge in [-0.15, -0.1) is 6.42 Å². The summed E-state index contributed by atoms with van der Waals surface area (Å²) >= 11 is 0. The minimum Gasteiger partial charge on any atom is -0.508 e. The number of ether oxygens (including phenoxy) is 2. The minimum atomic E-state index is -0.812. The summed E-state index contributed by atoms with van der Waals surface area (Å²) in [5.74, 6) is 1.32. The standard InChI is InChI=1S/C39H44F2N6O3/c1-4-28-30(40)8-5-24-17-27(48)18-29(31(24)28)34-33(41)35(42-2)32(37(45-34)49-3)36(47-19-25-6-7-26(20-47)44-25)43-23-50-22-39(11-12-39)21-46-15-13-38(9-10-38)14-16-46/h1,5,8,17-18,25-26,44,48H,2,6-7,9-16,19-23H2,3H3/b43-36+. The smallest absolute Gasteiger partial charge is 0.227 e. The monoisotopic (exact) mass is 682 g/mol. The Morgan fingerprint density at radius 3 is 2.50 bits per heavy atom. The molecule has 2 bridgehead atoms. The second kappa shape index (κ2) is 12.9. The highest BCUT2D eigenvalue weighted by atomic mass is 19.1. The topological polar surface area (TPSA) is 94.8 Å². The molecule has 2 unspecified atom stereocenters. The van der Waals surface area contributed by atoms with Gasteiger partial charge in [0, 0.05) is 48.1 Å². The minimum absolute atomic E-state index is 0.0638. The molecule has 0 radical (unpaired) electrons. The molecule has 2 saturated carbocycles. The van der Waals surface area contributed by atoms with Gasteiger partial charge in [0.05, 0.1) is 19.3 Å². The number of phenolic OH excluding ortho intramolecular Hbond substituents is 1. The maximum atomic E-state index is 16.9. The lowest BCUT2D eigenvalue weighted by Crippen LogP contribution is -2.53. The van der Waals surface area contributed by atoms with E-state index in [1.807, 2.05) is 0 Å². The van der Waals surface area contributed by atoms with Gasteiger partial charge in [0.1, 0.15) is 41.1 Å². The number of halogens is 2. The molecule has 262 valence electrons. The molecule has 2 aromatic carbocycles. The lowest BCUT2D eigenvalue weighted by atomic mass is 9.93. The van der Waals surface area contributed by atoms with E-state index < -0.39 is 11.6 Å². The lowest BCUT2D eigenvalue weighted by molar-refractivity contribution is 0.0631. The molecule has 3 aromatic rings. The summed E-state index contributed by atoms with van der Waals surface area (Å²) in [5.41, 5.74) is 0.828. The molecule has 5 aliphatic rings. The Hall–Kier alpha value is -4.11. The second-order valence-electron chi connectivity index (χ2n) is 15.1. The number of phenols is 1. The van der Waals surface area contributed by atoms with E-state index in [-0.39, 0.29) is 69.3 Å². The van der Waals surface area contributed by atoms with Crippen molar-refractivity contribution in [2.24, 2.45) is 20.8 Å². The normalized spacial score (nSPS) is 23.6. The van der Waals surface area contributed by atoms with Crippen molar-refractivity contribution in [3.8, 4) is 35.2 Å². The number of piperazine rings is 1. The zero-order valence-electron chi connectivity index (χ0n) is 28.6. The van der Waals surface area contributed by atoms with Crippen LogP contribution in [0.3, 0.4) is 0 Å². The molecule has 11 heteroatoms. The number of nitrogens with zero attached hydrogens (tertiary/aromatic N) is 5. The summed E-state index contributed by atoms with van der Waals surface area (Å²) < 4.78 is 43.9. The van der Waals surface area contributed by atoms with Gasteiger partial charge in [0.25, 0.3) is 0 Å². The van der Waals surface area contributed by atoms with Gasteiger partial charge in [0.2, 0.25) is 5.88 Å². The molecule has 2 atom stereocenters. The summed E-state index contributed by atoms with van der Waals surface area (Å²) in [7, 11) is 1.45. The Morgan fingerprint density at radius 2 is 1.86 bits per heavy atom. The maximum absolute atomic E-state index is 16.9. The van der Waals surface area contributed by atoms with E-state index in [2.05, 4.69) is 37.7 Å². The van der Waals surface area contributed by atoms with Crippen molar-refractivity contribution in [3.63, 3.8) is 0 Å². The van der Waals surface area contributed by atoms with Gasteiger partial charge in [-0.05, 0) is 100 Å². The van der Waals surface area contributed by atoms with Gasteiger partial charge < -0.3 is 29.7 Å². The number of amidine groups is 1. The van der Waals surface area contributed by atoms with Crippen molar-refractivity contribution < 1.29 is 23.4 Å². The Bertz CT molecular complexity index is 1890. The van der Waals surface area contributed by atoms with Crippen molar-refractivity contribution in [1.82, 2.24) is 20.1 Å². The molecule has 1 aromatic heterocycles. The fraction of sp³-hybridized carbons (Fsp3) is 0.513. The largest absolute Gasteiger partial charge is 0.508 e. The van der Waals surface area contributed by atoms with Crippen LogP contribution in [0.25, 0.3) is 22.0 Å². The molecule has 3 aliphatic heterocycles. The molecule has 5 fully saturated rings. The highest BCUT2D eigenvalue weighted by molar-refractivity contribution is 6.07. The van der Waals surface area contributed by atoms with Crippen LogP contribution in [-0.4, -0.2) is 97.7 Å². The zero-order valence-corrected chi connectivity index (χ0v) is 28.6. The van der Waals surface area contributed by atoms with Gasteiger partial charge >= 0.3 is 0 Å². The molecule has 8 rings (SSSR count). The second-order valence-corrected chi connectivity index (χ2v) is 15.1.